The lowest BCUT2D eigenvalue weighted by molar-refractivity contribution is -0.132. The fourth-order valence-corrected chi connectivity index (χ4v) is 2.41. The van der Waals surface area contributed by atoms with E-state index in [2.05, 4.69) is 0 Å². The normalized spacial score (nSPS) is 16.7. The second kappa shape index (κ2) is 6.66. The van der Waals surface area contributed by atoms with Crippen molar-refractivity contribution in [3.8, 4) is 0 Å². The maximum atomic E-state index is 11.7. The SMILES string of the molecule is CC(N)P(=O)(O)/C=C(/CCc1ccccc1)C(=O)O. The van der Waals surface area contributed by atoms with Crippen LogP contribution in [0.3, 0.4) is 0 Å². The van der Waals surface area contributed by atoms with Gasteiger partial charge in [0.25, 0.3) is 0 Å². The van der Waals surface area contributed by atoms with Gasteiger partial charge in [0, 0.05) is 11.4 Å². The molecule has 5 nitrogen and oxygen atoms in total. The van der Waals surface area contributed by atoms with Gasteiger partial charge in [-0.15, -0.1) is 0 Å². The third-order valence-electron chi connectivity index (χ3n) is 2.72. The van der Waals surface area contributed by atoms with Gasteiger partial charge in [-0.05, 0) is 25.3 Å². The largest absolute Gasteiger partial charge is 0.478 e. The maximum Gasteiger partial charge on any atom is 0.331 e. The summed E-state index contributed by atoms with van der Waals surface area (Å²) in [6, 6.07) is 9.35. The van der Waals surface area contributed by atoms with Gasteiger partial charge in [0.15, 0.2) is 0 Å². The molecule has 0 bridgehead atoms. The fourth-order valence-electron chi connectivity index (χ4n) is 1.49. The van der Waals surface area contributed by atoms with Crippen LogP contribution in [0, 0.1) is 0 Å². The van der Waals surface area contributed by atoms with Gasteiger partial charge in [-0.2, -0.15) is 0 Å². The first-order chi connectivity index (χ1) is 8.83. The van der Waals surface area contributed by atoms with E-state index in [1.54, 1.807) is 0 Å². The summed E-state index contributed by atoms with van der Waals surface area (Å²) < 4.78 is 11.7. The quantitative estimate of drug-likeness (QED) is 0.548. The first-order valence-electron chi connectivity index (χ1n) is 5.89. The lowest BCUT2D eigenvalue weighted by atomic mass is 10.1. The molecule has 1 aromatic rings. The highest BCUT2D eigenvalue weighted by Crippen LogP contribution is 2.46. The highest BCUT2D eigenvalue weighted by molar-refractivity contribution is 7.62. The number of hydrogen-bond donors (Lipinski definition) is 3. The number of rotatable bonds is 6. The summed E-state index contributed by atoms with van der Waals surface area (Å²) in [4.78, 5) is 20.7. The molecule has 2 unspecified atom stereocenters. The van der Waals surface area contributed by atoms with Crippen molar-refractivity contribution < 1.29 is 19.4 Å². The van der Waals surface area contributed by atoms with Gasteiger partial charge in [-0.25, -0.2) is 4.79 Å². The molecule has 4 N–H and O–H groups in total. The van der Waals surface area contributed by atoms with Crippen LogP contribution in [0.5, 0.6) is 0 Å². The Morgan fingerprint density at radius 1 is 1.42 bits per heavy atom. The molecular weight excluding hydrogens is 265 g/mol. The van der Waals surface area contributed by atoms with Gasteiger partial charge in [-0.1, -0.05) is 30.3 Å². The van der Waals surface area contributed by atoms with Crippen molar-refractivity contribution in [1.82, 2.24) is 0 Å². The zero-order valence-corrected chi connectivity index (χ0v) is 11.6. The van der Waals surface area contributed by atoms with Crippen LogP contribution in [-0.2, 0) is 15.8 Å². The van der Waals surface area contributed by atoms with Crippen LogP contribution < -0.4 is 5.73 Å². The molecule has 0 aliphatic carbocycles. The third kappa shape index (κ3) is 4.99. The average Bonchev–Trinajstić information content (AvgIpc) is 2.35. The number of hydrogen-bond acceptors (Lipinski definition) is 3. The van der Waals surface area contributed by atoms with E-state index < -0.39 is 19.1 Å². The van der Waals surface area contributed by atoms with Crippen LogP contribution in [0.4, 0.5) is 0 Å². The predicted molar refractivity (Wildman–Crippen MR) is 74.0 cm³/mol. The number of carbonyl (C=O) groups is 1. The fraction of sp³-hybridized carbons (Fsp3) is 0.308. The first-order valence-corrected chi connectivity index (χ1v) is 7.69. The van der Waals surface area contributed by atoms with Crippen molar-refractivity contribution in [1.29, 1.82) is 0 Å². The van der Waals surface area contributed by atoms with E-state index in [9.17, 15) is 14.3 Å². The van der Waals surface area contributed by atoms with E-state index in [-0.39, 0.29) is 12.0 Å². The lowest BCUT2D eigenvalue weighted by Gasteiger charge is -2.12. The molecule has 19 heavy (non-hydrogen) atoms. The lowest BCUT2D eigenvalue weighted by Crippen LogP contribution is -2.15. The molecule has 0 saturated carbocycles. The molecule has 0 aliphatic heterocycles. The molecule has 0 saturated heterocycles. The number of aliphatic carboxylic acids is 1. The number of carboxylic acids is 1. The summed E-state index contributed by atoms with van der Waals surface area (Å²) in [7, 11) is -3.76. The molecule has 1 aromatic carbocycles. The van der Waals surface area contributed by atoms with Gasteiger partial charge in [0.05, 0.1) is 5.78 Å². The molecule has 0 spiro atoms. The maximum absolute atomic E-state index is 11.7. The van der Waals surface area contributed by atoms with E-state index in [0.717, 1.165) is 11.4 Å². The minimum absolute atomic E-state index is 0.0769. The third-order valence-corrected chi connectivity index (χ3v) is 4.57. The number of aryl methyl sites for hydroxylation is 1. The Morgan fingerprint density at radius 3 is 2.47 bits per heavy atom. The molecule has 2 atom stereocenters. The molecule has 0 heterocycles. The molecule has 0 radical (unpaired) electrons. The second-order valence-corrected chi connectivity index (χ2v) is 6.78. The summed E-state index contributed by atoms with van der Waals surface area (Å²) >= 11 is 0. The van der Waals surface area contributed by atoms with Crippen LogP contribution in [0.25, 0.3) is 0 Å². The van der Waals surface area contributed by atoms with Crippen molar-refractivity contribution in [3.05, 3.63) is 47.3 Å². The van der Waals surface area contributed by atoms with Crippen LogP contribution in [0.1, 0.15) is 18.9 Å². The van der Waals surface area contributed by atoms with E-state index in [0.29, 0.717) is 6.42 Å². The second-order valence-electron chi connectivity index (χ2n) is 4.36. The zero-order valence-electron chi connectivity index (χ0n) is 10.7. The summed E-state index contributed by atoms with van der Waals surface area (Å²) in [6.45, 7) is 1.38. The molecule has 0 aromatic heterocycles. The Bertz CT molecular complexity index is 511. The van der Waals surface area contributed by atoms with Crippen LogP contribution >= 0.6 is 7.37 Å². The Labute approximate surface area is 112 Å². The molecule has 0 aliphatic rings. The van der Waals surface area contributed by atoms with E-state index >= 15 is 0 Å². The monoisotopic (exact) mass is 283 g/mol. The van der Waals surface area contributed by atoms with Gasteiger partial charge in [-0.3, -0.25) is 4.57 Å². The van der Waals surface area contributed by atoms with Crippen molar-refractivity contribution in [2.24, 2.45) is 5.73 Å². The first kappa shape index (κ1) is 15.6. The van der Waals surface area contributed by atoms with Crippen LogP contribution in [0.2, 0.25) is 0 Å². The summed E-state index contributed by atoms with van der Waals surface area (Å²) in [5.74, 6) is -1.26. The molecule has 104 valence electrons. The number of nitrogens with two attached hydrogens (primary N) is 1. The summed E-state index contributed by atoms with van der Waals surface area (Å²) in [6.07, 6.45) is 0.689. The van der Waals surface area contributed by atoms with Gasteiger partial charge in [0.2, 0.25) is 7.37 Å². The Balaban J connectivity index is 2.83. The minimum atomic E-state index is -3.76. The number of carboxylic acid groups (broad SMARTS) is 1. The van der Waals surface area contributed by atoms with E-state index in [1.165, 1.54) is 6.92 Å². The molecule has 0 fully saturated rings. The van der Waals surface area contributed by atoms with Gasteiger partial charge in [0.1, 0.15) is 0 Å². The van der Waals surface area contributed by atoms with Crippen LogP contribution in [0.15, 0.2) is 41.7 Å². The number of benzene rings is 1. The van der Waals surface area contributed by atoms with E-state index in [4.69, 9.17) is 10.8 Å². The van der Waals surface area contributed by atoms with Crippen molar-refractivity contribution in [2.45, 2.75) is 25.5 Å². The van der Waals surface area contributed by atoms with Crippen LogP contribution in [-0.4, -0.2) is 21.8 Å². The zero-order chi connectivity index (χ0) is 14.5. The predicted octanol–water partition coefficient (Wildman–Crippen LogP) is 2.16. The summed E-state index contributed by atoms with van der Waals surface area (Å²) in [5.41, 5.74) is 6.27. The van der Waals surface area contributed by atoms with Crippen molar-refractivity contribution in [3.63, 3.8) is 0 Å². The van der Waals surface area contributed by atoms with Gasteiger partial charge >= 0.3 is 5.97 Å². The average molecular weight is 283 g/mol. The van der Waals surface area contributed by atoms with E-state index in [1.807, 2.05) is 30.3 Å². The standard InChI is InChI=1S/C13H18NO4P/c1-10(14)19(17,18)9-12(13(15)16)8-7-11-5-3-2-4-6-11/h2-6,9-10H,7-8,14H2,1H3,(H,15,16)(H,17,18)/b12-9-. The summed E-state index contributed by atoms with van der Waals surface area (Å²) in [5, 5.41) is 9.06. The minimum Gasteiger partial charge on any atom is -0.478 e. The molecule has 0 amide bonds. The Hall–Kier alpha value is -1.42. The Kier molecular flexibility index (Phi) is 5.48. The molecule has 1 rings (SSSR count). The van der Waals surface area contributed by atoms with Crippen molar-refractivity contribution in [2.75, 3.05) is 0 Å². The van der Waals surface area contributed by atoms with Crippen molar-refractivity contribution >= 4 is 13.3 Å². The highest BCUT2D eigenvalue weighted by atomic mass is 31.2. The van der Waals surface area contributed by atoms with Gasteiger partial charge < -0.3 is 15.7 Å². The molecule has 6 heteroatoms. The topological polar surface area (TPSA) is 101 Å². The molecular formula is C13H18NO4P. The smallest absolute Gasteiger partial charge is 0.331 e. The Morgan fingerprint density at radius 2 is 2.00 bits per heavy atom. The highest BCUT2D eigenvalue weighted by Gasteiger charge is 2.23.